The highest BCUT2D eigenvalue weighted by Gasteiger charge is 2.17. The first-order valence-corrected chi connectivity index (χ1v) is 6.94. The molecule has 1 aromatic heterocycles. The number of hydrogen-bond acceptors (Lipinski definition) is 4. The highest BCUT2D eigenvalue weighted by atomic mass is 35.5. The van der Waals surface area contributed by atoms with Crippen LogP contribution in [0.3, 0.4) is 0 Å². The third kappa shape index (κ3) is 3.05. The lowest BCUT2D eigenvalue weighted by Crippen LogP contribution is -2.26. The number of benzene rings is 1. The molecule has 2 rings (SSSR count). The third-order valence-corrected chi connectivity index (χ3v) is 4.05. The van der Waals surface area contributed by atoms with E-state index in [4.69, 9.17) is 17.3 Å². The van der Waals surface area contributed by atoms with Crippen LogP contribution in [0.1, 0.15) is 20.9 Å². The van der Waals surface area contributed by atoms with Crippen molar-refractivity contribution in [1.82, 2.24) is 9.88 Å². The van der Waals surface area contributed by atoms with Gasteiger partial charge in [0.05, 0.1) is 11.2 Å². The lowest BCUT2D eigenvalue weighted by atomic mass is 10.2. The van der Waals surface area contributed by atoms with E-state index in [9.17, 15) is 4.79 Å². The highest BCUT2D eigenvalue weighted by molar-refractivity contribution is 7.11. The maximum absolute atomic E-state index is 12.2. The van der Waals surface area contributed by atoms with Gasteiger partial charge < -0.3 is 10.6 Å². The fourth-order valence-electron chi connectivity index (χ4n) is 1.72. The summed E-state index contributed by atoms with van der Waals surface area (Å²) in [7, 11) is 1.74. The molecule has 2 aromatic rings. The van der Waals surface area contributed by atoms with E-state index < -0.39 is 0 Å². The van der Waals surface area contributed by atoms with Gasteiger partial charge >= 0.3 is 0 Å². The van der Waals surface area contributed by atoms with Crippen molar-refractivity contribution in [3.05, 3.63) is 44.9 Å². The van der Waals surface area contributed by atoms with Gasteiger partial charge in [-0.2, -0.15) is 0 Å². The summed E-state index contributed by atoms with van der Waals surface area (Å²) in [5.41, 5.74) is 9.62. The first-order valence-electron chi connectivity index (χ1n) is 5.68. The Balaban J connectivity index is 2.17. The summed E-state index contributed by atoms with van der Waals surface area (Å²) in [6, 6.07) is 5.26. The van der Waals surface area contributed by atoms with Gasteiger partial charge in [-0.05, 0) is 30.7 Å². The molecule has 0 saturated carbocycles. The molecular weight excluding hydrogens is 282 g/mol. The van der Waals surface area contributed by atoms with Gasteiger partial charge in [0, 0.05) is 24.3 Å². The number of carbonyl (C=O) groups is 1. The predicted molar refractivity (Wildman–Crippen MR) is 78.5 cm³/mol. The quantitative estimate of drug-likeness (QED) is 0.886. The predicted octanol–water partition coefficient (Wildman–Crippen LogP) is 2.96. The molecule has 0 bridgehead atoms. The van der Waals surface area contributed by atoms with Crippen molar-refractivity contribution in [2.75, 3.05) is 12.8 Å². The Morgan fingerprint density at radius 1 is 1.53 bits per heavy atom. The second-order valence-electron chi connectivity index (χ2n) is 4.28. The fourth-order valence-corrected chi connectivity index (χ4v) is 2.70. The van der Waals surface area contributed by atoms with E-state index in [1.807, 2.05) is 6.92 Å². The standard InChI is InChI=1S/C13H14ClN3OS/c1-8-12(19-7-16-8)13(18)17(2)6-9-5-10(15)3-4-11(9)14/h3-5,7H,6,15H2,1-2H3. The lowest BCUT2D eigenvalue weighted by molar-refractivity contribution is 0.0789. The number of anilines is 1. The summed E-state index contributed by atoms with van der Waals surface area (Å²) in [6.45, 7) is 2.24. The number of aryl methyl sites for hydroxylation is 1. The van der Waals surface area contributed by atoms with E-state index in [0.29, 0.717) is 22.1 Å². The van der Waals surface area contributed by atoms with Gasteiger partial charge in [0.25, 0.3) is 5.91 Å². The molecule has 0 aliphatic rings. The van der Waals surface area contributed by atoms with E-state index in [1.54, 1.807) is 35.7 Å². The molecule has 19 heavy (non-hydrogen) atoms. The molecule has 0 aliphatic heterocycles. The highest BCUT2D eigenvalue weighted by Crippen LogP contribution is 2.22. The van der Waals surface area contributed by atoms with Crippen molar-refractivity contribution >= 4 is 34.5 Å². The zero-order valence-corrected chi connectivity index (χ0v) is 12.3. The number of nitrogen functional groups attached to an aromatic ring is 1. The van der Waals surface area contributed by atoms with E-state index >= 15 is 0 Å². The molecule has 2 N–H and O–H groups in total. The van der Waals surface area contributed by atoms with Crippen molar-refractivity contribution in [2.45, 2.75) is 13.5 Å². The molecule has 0 saturated heterocycles. The van der Waals surface area contributed by atoms with Crippen LogP contribution in [0.2, 0.25) is 5.02 Å². The zero-order chi connectivity index (χ0) is 14.0. The van der Waals surface area contributed by atoms with Gasteiger partial charge in [-0.3, -0.25) is 4.79 Å². The number of nitrogens with zero attached hydrogens (tertiary/aromatic N) is 2. The summed E-state index contributed by atoms with van der Waals surface area (Å²) >= 11 is 7.44. The van der Waals surface area contributed by atoms with Gasteiger partial charge in [-0.15, -0.1) is 11.3 Å². The monoisotopic (exact) mass is 295 g/mol. The number of aromatic nitrogens is 1. The average molecular weight is 296 g/mol. The van der Waals surface area contributed by atoms with Crippen molar-refractivity contribution in [3.8, 4) is 0 Å². The Labute approximate surface area is 120 Å². The van der Waals surface area contributed by atoms with Crippen LogP contribution < -0.4 is 5.73 Å². The Hall–Kier alpha value is -1.59. The number of nitrogens with two attached hydrogens (primary N) is 1. The minimum absolute atomic E-state index is 0.0570. The fraction of sp³-hybridized carbons (Fsp3) is 0.231. The molecular formula is C13H14ClN3OS. The van der Waals surface area contributed by atoms with Crippen LogP contribution in [0.5, 0.6) is 0 Å². The lowest BCUT2D eigenvalue weighted by Gasteiger charge is -2.17. The average Bonchev–Trinajstić information content (AvgIpc) is 2.79. The van der Waals surface area contributed by atoms with Gasteiger partial charge in [0.2, 0.25) is 0 Å². The Kier molecular flexibility index (Phi) is 4.07. The molecule has 6 heteroatoms. The molecule has 1 aromatic carbocycles. The first-order chi connectivity index (χ1) is 8.99. The van der Waals surface area contributed by atoms with E-state index in [0.717, 1.165) is 11.3 Å². The molecule has 1 amide bonds. The van der Waals surface area contributed by atoms with Crippen molar-refractivity contribution in [2.24, 2.45) is 0 Å². The number of thiazole rings is 1. The van der Waals surface area contributed by atoms with Gasteiger partial charge in [-0.1, -0.05) is 11.6 Å². The van der Waals surface area contributed by atoms with E-state index in [2.05, 4.69) is 4.98 Å². The smallest absolute Gasteiger partial charge is 0.265 e. The Morgan fingerprint density at radius 2 is 2.26 bits per heavy atom. The summed E-state index contributed by atoms with van der Waals surface area (Å²) in [4.78, 5) is 18.6. The van der Waals surface area contributed by atoms with E-state index in [-0.39, 0.29) is 5.91 Å². The summed E-state index contributed by atoms with van der Waals surface area (Å²) in [5, 5.41) is 0.606. The molecule has 0 radical (unpaired) electrons. The maximum atomic E-state index is 12.2. The number of hydrogen-bond donors (Lipinski definition) is 1. The van der Waals surface area contributed by atoms with Gasteiger partial charge in [-0.25, -0.2) is 4.98 Å². The SMILES string of the molecule is Cc1ncsc1C(=O)N(C)Cc1cc(N)ccc1Cl. The van der Waals surface area contributed by atoms with Gasteiger partial charge in [0.1, 0.15) is 4.88 Å². The van der Waals surface area contributed by atoms with Crippen LogP contribution >= 0.6 is 22.9 Å². The minimum Gasteiger partial charge on any atom is -0.399 e. The molecule has 0 aliphatic carbocycles. The number of halogens is 1. The normalized spacial score (nSPS) is 10.5. The topological polar surface area (TPSA) is 59.2 Å². The summed E-state index contributed by atoms with van der Waals surface area (Å²) < 4.78 is 0. The van der Waals surface area contributed by atoms with Crippen molar-refractivity contribution in [1.29, 1.82) is 0 Å². The third-order valence-electron chi connectivity index (χ3n) is 2.76. The summed E-state index contributed by atoms with van der Waals surface area (Å²) in [6.07, 6.45) is 0. The number of carbonyl (C=O) groups excluding carboxylic acids is 1. The van der Waals surface area contributed by atoms with Crippen LogP contribution in [0.25, 0.3) is 0 Å². The molecule has 0 atom stereocenters. The molecule has 0 spiro atoms. The molecule has 0 unspecified atom stereocenters. The maximum Gasteiger partial charge on any atom is 0.265 e. The number of rotatable bonds is 3. The minimum atomic E-state index is -0.0570. The zero-order valence-electron chi connectivity index (χ0n) is 10.7. The number of amides is 1. The Morgan fingerprint density at radius 3 is 2.89 bits per heavy atom. The molecule has 4 nitrogen and oxygen atoms in total. The van der Waals surface area contributed by atoms with E-state index in [1.165, 1.54) is 11.3 Å². The van der Waals surface area contributed by atoms with Crippen molar-refractivity contribution in [3.63, 3.8) is 0 Å². The van der Waals surface area contributed by atoms with Crippen LogP contribution in [0, 0.1) is 6.92 Å². The molecule has 0 fully saturated rings. The largest absolute Gasteiger partial charge is 0.399 e. The second kappa shape index (κ2) is 5.59. The summed E-state index contributed by atoms with van der Waals surface area (Å²) in [5.74, 6) is -0.0570. The van der Waals surface area contributed by atoms with Gasteiger partial charge in [0.15, 0.2) is 0 Å². The molecule has 1 heterocycles. The Bertz CT molecular complexity index is 612. The van der Waals surface area contributed by atoms with Crippen LogP contribution in [-0.4, -0.2) is 22.8 Å². The van der Waals surface area contributed by atoms with Crippen LogP contribution in [0.4, 0.5) is 5.69 Å². The van der Waals surface area contributed by atoms with Crippen molar-refractivity contribution < 1.29 is 4.79 Å². The first kappa shape index (κ1) is 13.8. The van der Waals surface area contributed by atoms with Crippen LogP contribution in [-0.2, 0) is 6.54 Å². The molecule has 100 valence electrons. The van der Waals surface area contributed by atoms with Crippen LogP contribution in [0.15, 0.2) is 23.7 Å². The second-order valence-corrected chi connectivity index (χ2v) is 5.54.